The van der Waals surface area contributed by atoms with Crippen LogP contribution in [0.2, 0.25) is 0 Å². The molecule has 0 unspecified atom stereocenters. The van der Waals surface area contributed by atoms with Crippen LogP contribution in [0.5, 0.6) is 0 Å². The number of thiocarbonyl (C=S) groups is 1. The van der Waals surface area contributed by atoms with Gasteiger partial charge in [0.2, 0.25) is 0 Å². The highest BCUT2D eigenvalue weighted by Crippen LogP contribution is 2.32. The van der Waals surface area contributed by atoms with Gasteiger partial charge < -0.3 is 14.8 Å². The molecule has 2 aromatic heterocycles. The van der Waals surface area contributed by atoms with Gasteiger partial charge in [-0.2, -0.15) is 0 Å². The topological polar surface area (TPSA) is 33.1 Å². The maximum Gasteiger partial charge on any atom is 0.170 e. The molecule has 0 amide bonds. The van der Waals surface area contributed by atoms with Crippen molar-refractivity contribution in [2.24, 2.45) is 0 Å². The van der Waals surface area contributed by atoms with Crippen molar-refractivity contribution >= 4 is 17.3 Å². The minimum atomic E-state index is 0.167. The second kappa shape index (κ2) is 6.93. The van der Waals surface area contributed by atoms with Gasteiger partial charge in [-0.15, -0.1) is 0 Å². The molecule has 1 fully saturated rings. The molecule has 4 rings (SSSR count). The molecule has 0 saturated heterocycles. The minimum Gasteiger partial charge on any atom is -0.360 e. The number of nitrogens with one attached hydrogen (secondary N) is 1. The summed E-state index contributed by atoms with van der Waals surface area (Å²) in [7, 11) is 0. The molecular formula is C19H24N4S. The number of fused-ring (bicyclic) bond motifs is 1. The fourth-order valence-electron chi connectivity index (χ4n) is 4.00. The molecule has 1 N–H and O–H groups in total. The number of pyridine rings is 1. The van der Waals surface area contributed by atoms with Gasteiger partial charge in [-0.1, -0.05) is 19.3 Å². The molecule has 1 aliphatic carbocycles. The van der Waals surface area contributed by atoms with Gasteiger partial charge in [0.15, 0.2) is 5.11 Å². The molecule has 0 bridgehead atoms. The molecule has 0 spiro atoms. The van der Waals surface area contributed by atoms with Crippen LogP contribution < -0.4 is 5.32 Å². The predicted molar refractivity (Wildman–Crippen MR) is 99.8 cm³/mol. The Kier molecular flexibility index (Phi) is 4.52. The minimum absolute atomic E-state index is 0.167. The van der Waals surface area contributed by atoms with Crippen molar-refractivity contribution < 1.29 is 0 Å². The lowest BCUT2D eigenvalue weighted by atomic mass is 9.95. The third-order valence-electron chi connectivity index (χ3n) is 5.25. The molecule has 5 heteroatoms. The second-order valence-electron chi connectivity index (χ2n) is 6.79. The fourth-order valence-corrected chi connectivity index (χ4v) is 4.37. The SMILES string of the molecule is S=C(NC1CCCCC1)N1CCn2cccc2[C@H]1c1ccncc1. The van der Waals surface area contributed by atoms with E-state index in [0.29, 0.717) is 6.04 Å². The lowest BCUT2D eigenvalue weighted by molar-refractivity contribution is 0.278. The summed E-state index contributed by atoms with van der Waals surface area (Å²) >= 11 is 5.82. The molecule has 24 heavy (non-hydrogen) atoms. The summed E-state index contributed by atoms with van der Waals surface area (Å²) in [4.78, 5) is 6.53. The van der Waals surface area contributed by atoms with Gasteiger partial charge in [0.05, 0.1) is 6.04 Å². The smallest absolute Gasteiger partial charge is 0.170 e. The summed E-state index contributed by atoms with van der Waals surface area (Å²) in [5.74, 6) is 0. The highest BCUT2D eigenvalue weighted by molar-refractivity contribution is 7.80. The van der Waals surface area contributed by atoms with Crippen molar-refractivity contribution in [2.75, 3.05) is 6.54 Å². The van der Waals surface area contributed by atoms with Gasteiger partial charge in [-0.05, 0) is 54.9 Å². The van der Waals surface area contributed by atoms with E-state index in [1.807, 2.05) is 12.4 Å². The molecule has 0 radical (unpaired) electrons. The molecule has 126 valence electrons. The van der Waals surface area contributed by atoms with Crippen LogP contribution in [-0.4, -0.2) is 32.2 Å². The summed E-state index contributed by atoms with van der Waals surface area (Å²) < 4.78 is 2.34. The van der Waals surface area contributed by atoms with E-state index in [2.05, 4.69) is 50.2 Å². The van der Waals surface area contributed by atoms with E-state index < -0.39 is 0 Å². The molecule has 3 heterocycles. The third-order valence-corrected chi connectivity index (χ3v) is 5.61. The quantitative estimate of drug-likeness (QED) is 0.849. The Bertz CT molecular complexity index is 690. The second-order valence-corrected chi connectivity index (χ2v) is 7.17. The molecule has 2 aliphatic rings. The lowest BCUT2D eigenvalue weighted by Gasteiger charge is -2.40. The van der Waals surface area contributed by atoms with Crippen molar-refractivity contribution in [1.82, 2.24) is 19.8 Å². The maximum atomic E-state index is 5.82. The summed E-state index contributed by atoms with van der Waals surface area (Å²) in [5, 5.41) is 4.54. The summed E-state index contributed by atoms with van der Waals surface area (Å²) in [6.07, 6.45) is 12.4. The van der Waals surface area contributed by atoms with Gasteiger partial charge in [0.25, 0.3) is 0 Å². The van der Waals surface area contributed by atoms with Crippen molar-refractivity contribution in [3.63, 3.8) is 0 Å². The molecule has 1 saturated carbocycles. The van der Waals surface area contributed by atoms with Crippen LogP contribution in [0, 0.1) is 0 Å². The van der Waals surface area contributed by atoms with E-state index >= 15 is 0 Å². The van der Waals surface area contributed by atoms with Gasteiger partial charge in [0.1, 0.15) is 0 Å². The van der Waals surface area contributed by atoms with E-state index in [0.717, 1.165) is 18.2 Å². The zero-order chi connectivity index (χ0) is 16.4. The van der Waals surface area contributed by atoms with E-state index in [1.165, 1.54) is 43.4 Å². The van der Waals surface area contributed by atoms with Crippen LogP contribution in [0.15, 0.2) is 42.9 Å². The van der Waals surface area contributed by atoms with Gasteiger partial charge >= 0.3 is 0 Å². The zero-order valence-electron chi connectivity index (χ0n) is 13.9. The molecule has 1 atom stereocenters. The summed E-state index contributed by atoms with van der Waals surface area (Å²) in [6.45, 7) is 1.92. The lowest BCUT2D eigenvalue weighted by Crippen LogP contribution is -2.50. The van der Waals surface area contributed by atoms with Crippen molar-refractivity contribution in [3.8, 4) is 0 Å². The van der Waals surface area contributed by atoms with Crippen LogP contribution in [-0.2, 0) is 6.54 Å². The molecule has 2 aromatic rings. The van der Waals surface area contributed by atoms with E-state index in [4.69, 9.17) is 12.2 Å². The van der Waals surface area contributed by atoms with Crippen LogP contribution >= 0.6 is 12.2 Å². The number of hydrogen-bond acceptors (Lipinski definition) is 2. The highest BCUT2D eigenvalue weighted by Gasteiger charge is 2.31. The summed E-state index contributed by atoms with van der Waals surface area (Å²) in [5.41, 5.74) is 2.55. The Morgan fingerprint density at radius 2 is 1.88 bits per heavy atom. The molecule has 4 nitrogen and oxygen atoms in total. The van der Waals surface area contributed by atoms with Crippen molar-refractivity contribution in [1.29, 1.82) is 0 Å². The predicted octanol–water partition coefficient (Wildman–Crippen LogP) is 3.50. The average molecular weight is 340 g/mol. The maximum absolute atomic E-state index is 5.82. The summed E-state index contributed by atoms with van der Waals surface area (Å²) in [6, 6.07) is 9.25. The number of rotatable bonds is 2. The standard InChI is InChI=1S/C19H24N4S/c24-19(21-16-5-2-1-3-6-16)23-14-13-22-12-4-7-17(22)18(23)15-8-10-20-11-9-15/h4,7-12,16,18H,1-3,5-6,13-14H2,(H,21,24)/t18-/m1/s1. The molecule has 1 aliphatic heterocycles. The first-order valence-electron chi connectivity index (χ1n) is 8.95. The van der Waals surface area contributed by atoms with Gasteiger partial charge in [-0.3, -0.25) is 4.98 Å². The van der Waals surface area contributed by atoms with E-state index in [9.17, 15) is 0 Å². The van der Waals surface area contributed by atoms with Crippen LogP contribution in [0.3, 0.4) is 0 Å². The normalized spacial score (nSPS) is 21.3. The van der Waals surface area contributed by atoms with Crippen molar-refractivity contribution in [2.45, 2.75) is 50.7 Å². The van der Waals surface area contributed by atoms with Gasteiger partial charge in [0, 0.05) is 43.4 Å². The first-order chi connectivity index (χ1) is 11.8. The first kappa shape index (κ1) is 15.6. The third kappa shape index (κ3) is 3.05. The largest absolute Gasteiger partial charge is 0.360 e. The molecular weight excluding hydrogens is 316 g/mol. The Morgan fingerprint density at radius 1 is 1.08 bits per heavy atom. The monoisotopic (exact) mass is 340 g/mol. The average Bonchev–Trinajstić information content (AvgIpc) is 3.11. The van der Waals surface area contributed by atoms with Crippen LogP contribution in [0.25, 0.3) is 0 Å². The number of aromatic nitrogens is 2. The van der Waals surface area contributed by atoms with Crippen molar-refractivity contribution in [3.05, 3.63) is 54.1 Å². The first-order valence-corrected chi connectivity index (χ1v) is 9.36. The van der Waals surface area contributed by atoms with E-state index in [-0.39, 0.29) is 6.04 Å². The Hall–Kier alpha value is -1.88. The Balaban J connectivity index is 1.60. The van der Waals surface area contributed by atoms with Crippen LogP contribution in [0.1, 0.15) is 49.4 Å². The Labute approximate surface area is 148 Å². The Morgan fingerprint density at radius 3 is 2.67 bits per heavy atom. The molecule has 0 aromatic carbocycles. The van der Waals surface area contributed by atoms with Gasteiger partial charge in [-0.25, -0.2) is 0 Å². The number of hydrogen-bond donors (Lipinski definition) is 1. The van der Waals surface area contributed by atoms with E-state index in [1.54, 1.807) is 0 Å². The van der Waals surface area contributed by atoms with Crippen LogP contribution in [0.4, 0.5) is 0 Å². The zero-order valence-corrected chi connectivity index (χ0v) is 14.7. The highest BCUT2D eigenvalue weighted by atomic mass is 32.1. The number of nitrogens with zero attached hydrogens (tertiary/aromatic N) is 3. The fraction of sp³-hybridized carbons (Fsp3) is 0.474.